The first kappa shape index (κ1) is 19.3. The molecule has 2 aromatic carbocycles. The normalized spacial score (nSPS) is 12.0. The number of nitrogens with one attached hydrogen (secondary N) is 1. The van der Waals surface area contributed by atoms with E-state index in [2.05, 4.69) is 9.97 Å². The summed E-state index contributed by atoms with van der Waals surface area (Å²) in [6.07, 6.45) is 3.49. The van der Waals surface area contributed by atoms with Gasteiger partial charge in [0.05, 0.1) is 28.6 Å². The summed E-state index contributed by atoms with van der Waals surface area (Å²) in [5.74, 6) is 0. The fourth-order valence-corrected chi connectivity index (χ4v) is 4.30. The number of benzene rings is 2. The molecule has 2 aromatic heterocycles. The molecule has 29 heavy (non-hydrogen) atoms. The third-order valence-electron chi connectivity index (χ3n) is 4.96. The van der Waals surface area contributed by atoms with E-state index < -0.39 is 15.1 Å². The standard InChI is InChI=1S/C22H21N3O3S/c1-14(2)29(27,28)17-9-7-15(8-10-17)20-12-24-22-21(25-20)19(11-23-22)18-6-4-3-5-16(18)13-26/h3-12,14,26H,13H2,1-2H3,(H,23,24). The van der Waals surface area contributed by atoms with E-state index in [4.69, 9.17) is 4.98 Å². The molecule has 0 saturated carbocycles. The second-order valence-electron chi connectivity index (χ2n) is 7.09. The minimum absolute atomic E-state index is 0.0677. The minimum Gasteiger partial charge on any atom is -0.392 e. The maximum atomic E-state index is 12.3. The summed E-state index contributed by atoms with van der Waals surface area (Å²) in [5, 5.41) is 9.18. The van der Waals surface area contributed by atoms with Crippen LogP contribution < -0.4 is 0 Å². The zero-order valence-electron chi connectivity index (χ0n) is 16.1. The molecule has 0 aliphatic carbocycles. The largest absolute Gasteiger partial charge is 0.392 e. The first-order chi connectivity index (χ1) is 13.9. The van der Waals surface area contributed by atoms with Crippen LogP contribution in [0.4, 0.5) is 0 Å². The van der Waals surface area contributed by atoms with Crippen molar-refractivity contribution in [3.05, 3.63) is 66.5 Å². The van der Waals surface area contributed by atoms with E-state index in [0.717, 1.165) is 22.3 Å². The molecule has 7 heteroatoms. The van der Waals surface area contributed by atoms with Crippen molar-refractivity contribution in [2.45, 2.75) is 30.6 Å². The van der Waals surface area contributed by atoms with Crippen molar-refractivity contribution in [3.8, 4) is 22.4 Å². The minimum atomic E-state index is -3.32. The fourth-order valence-electron chi connectivity index (χ4n) is 3.24. The number of hydrogen-bond acceptors (Lipinski definition) is 5. The van der Waals surface area contributed by atoms with E-state index >= 15 is 0 Å². The van der Waals surface area contributed by atoms with Crippen molar-refractivity contribution < 1.29 is 13.5 Å². The van der Waals surface area contributed by atoms with Crippen molar-refractivity contribution in [2.24, 2.45) is 0 Å². The van der Waals surface area contributed by atoms with Crippen LogP contribution in [0.2, 0.25) is 0 Å². The highest BCUT2D eigenvalue weighted by Gasteiger charge is 2.19. The van der Waals surface area contributed by atoms with E-state index in [-0.39, 0.29) is 6.61 Å². The Kier molecular flexibility index (Phi) is 4.94. The van der Waals surface area contributed by atoms with Crippen molar-refractivity contribution in [1.29, 1.82) is 0 Å². The Labute approximate surface area is 169 Å². The van der Waals surface area contributed by atoms with Crippen LogP contribution in [-0.4, -0.2) is 33.7 Å². The molecule has 6 nitrogen and oxygen atoms in total. The van der Waals surface area contributed by atoms with Crippen molar-refractivity contribution in [3.63, 3.8) is 0 Å². The molecule has 0 unspecified atom stereocenters. The molecule has 0 atom stereocenters. The Hall–Kier alpha value is -3.03. The van der Waals surface area contributed by atoms with Crippen LogP contribution in [0.1, 0.15) is 19.4 Å². The van der Waals surface area contributed by atoms with Gasteiger partial charge < -0.3 is 10.1 Å². The van der Waals surface area contributed by atoms with Gasteiger partial charge in [0.1, 0.15) is 5.52 Å². The molecule has 0 bridgehead atoms. The summed E-state index contributed by atoms with van der Waals surface area (Å²) in [6.45, 7) is 3.27. The summed E-state index contributed by atoms with van der Waals surface area (Å²) in [5.41, 5.74) is 5.34. The van der Waals surface area contributed by atoms with Gasteiger partial charge in [-0.25, -0.2) is 18.4 Å². The average Bonchev–Trinajstić information content (AvgIpc) is 3.16. The summed E-state index contributed by atoms with van der Waals surface area (Å²) in [4.78, 5) is 12.6. The number of aromatic amines is 1. The van der Waals surface area contributed by atoms with Gasteiger partial charge in [-0.2, -0.15) is 0 Å². The molecule has 2 heterocycles. The lowest BCUT2D eigenvalue weighted by Crippen LogP contribution is -2.13. The molecular formula is C22H21N3O3S. The highest BCUT2D eigenvalue weighted by Crippen LogP contribution is 2.31. The number of aromatic nitrogens is 3. The number of sulfone groups is 1. The van der Waals surface area contributed by atoms with E-state index in [1.165, 1.54) is 0 Å². The van der Waals surface area contributed by atoms with Crippen LogP contribution in [0.3, 0.4) is 0 Å². The topological polar surface area (TPSA) is 95.9 Å². The monoisotopic (exact) mass is 407 g/mol. The molecule has 4 rings (SSSR count). The Bertz CT molecular complexity index is 1280. The lowest BCUT2D eigenvalue weighted by atomic mass is 10.0. The molecule has 2 N–H and O–H groups in total. The van der Waals surface area contributed by atoms with Gasteiger partial charge in [0, 0.05) is 17.3 Å². The molecule has 0 spiro atoms. The molecule has 0 aliphatic rings. The number of fused-ring (bicyclic) bond motifs is 1. The van der Waals surface area contributed by atoms with Gasteiger partial charge in [0.2, 0.25) is 0 Å². The Morgan fingerprint density at radius 3 is 2.45 bits per heavy atom. The number of rotatable bonds is 5. The maximum Gasteiger partial charge on any atom is 0.180 e. The van der Waals surface area contributed by atoms with E-state index in [9.17, 15) is 13.5 Å². The quantitative estimate of drug-likeness (QED) is 0.522. The average molecular weight is 407 g/mol. The van der Waals surface area contributed by atoms with E-state index in [0.29, 0.717) is 21.8 Å². The van der Waals surface area contributed by atoms with Crippen LogP contribution in [0, 0.1) is 0 Å². The number of H-pyrrole nitrogens is 1. The highest BCUT2D eigenvalue weighted by molar-refractivity contribution is 7.92. The van der Waals surface area contributed by atoms with Crippen LogP contribution in [0.15, 0.2) is 65.8 Å². The summed E-state index contributed by atoms with van der Waals surface area (Å²) < 4.78 is 24.7. The van der Waals surface area contributed by atoms with Crippen molar-refractivity contribution >= 4 is 21.0 Å². The molecular weight excluding hydrogens is 386 g/mol. The molecule has 0 saturated heterocycles. The summed E-state index contributed by atoms with van der Waals surface area (Å²) in [7, 11) is -3.32. The predicted molar refractivity (Wildman–Crippen MR) is 113 cm³/mol. The molecule has 4 aromatic rings. The molecule has 0 aliphatic heterocycles. The van der Waals surface area contributed by atoms with Crippen molar-refractivity contribution in [2.75, 3.05) is 0 Å². The van der Waals surface area contributed by atoms with Gasteiger partial charge in [-0.3, -0.25) is 0 Å². The molecule has 0 fully saturated rings. The molecule has 148 valence electrons. The zero-order valence-corrected chi connectivity index (χ0v) is 16.9. The lowest BCUT2D eigenvalue weighted by Gasteiger charge is -2.09. The first-order valence-electron chi connectivity index (χ1n) is 9.29. The molecule has 0 radical (unpaired) electrons. The second-order valence-corrected chi connectivity index (χ2v) is 9.59. The van der Waals surface area contributed by atoms with Gasteiger partial charge in [0.15, 0.2) is 15.5 Å². The SMILES string of the molecule is CC(C)S(=O)(=O)c1ccc(-c2cnc3[nH]cc(-c4ccccc4CO)c3n2)cc1. The Morgan fingerprint density at radius 1 is 1.03 bits per heavy atom. The zero-order chi connectivity index (χ0) is 20.6. The van der Waals surface area contributed by atoms with Gasteiger partial charge in [0.25, 0.3) is 0 Å². The van der Waals surface area contributed by atoms with Gasteiger partial charge in [-0.1, -0.05) is 36.4 Å². The third-order valence-corrected chi connectivity index (χ3v) is 7.13. The predicted octanol–water partition coefficient (Wildman–Crippen LogP) is 3.97. The van der Waals surface area contributed by atoms with Crippen LogP contribution in [0.25, 0.3) is 33.5 Å². The van der Waals surface area contributed by atoms with Crippen LogP contribution >= 0.6 is 0 Å². The number of aliphatic hydroxyl groups is 1. The van der Waals surface area contributed by atoms with E-state index in [1.807, 2.05) is 30.5 Å². The Morgan fingerprint density at radius 2 is 1.76 bits per heavy atom. The molecule has 0 amide bonds. The van der Waals surface area contributed by atoms with Crippen LogP contribution in [0.5, 0.6) is 0 Å². The highest BCUT2D eigenvalue weighted by atomic mass is 32.2. The third kappa shape index (κ3) is 3.43. The summed E-state index contributed by atoms with van der Waals surface area (Å²) >= 11 is 0. The Balaban J connectivity index is 1.79. The number of aliphatic hydroxyl groups excluding tert-OH is 1. The van der Waals surface area contributed by atoms with Crippen LogP contribution in [-0.2, 0) is 16.4 Å². The van der Waals surface area contributed by atoms with Gasteiger partial charge >= 0.3 is 0 Å². The first-order valence-corrected chi connectivity index (χ1v) is 10.8. The lowest BCUT2D eigenvalue weighted by molar-refractivity contribution is 0.282. The maximum absolute atomic E-state index is 12.3. The number of hydrogen-bond donors (Lipinski definition) is 2. The smallest absolute Gasteiger partial charge is 0.180 e. The number of nitrogens with zero attached hydrogens (tertiary/aromatic N) is 2. The second kappa shape index (κ2) is 7.42. The van der Waals surface area contributed by atoms with E-state index in [1.54, 1.807) is 44.3 Å². The van der Waals surface area contributed by atoms with Crippen molar-refractivity contribution in [1.82, 2.24) is 15.0 Å². The van der Waals surface area contributed by atoms with Gasteiger partial charge in [-0.15, -0.1) is 0 Å². The summed E-state index contributed by atoms with van der Waals surface area (Å²) in [6, 6.07) is 14.3. The fraction of sp³-hybridized carbons (Fsp3) is 0.182. The van der Waals surface area contributed by atoms with Gasteiger partial charge in [-0.05, 0) is 37.1 Å².